The summed E-state index contributed by atoms with van der Waals surface area (Å²) in [6, 6.07) is 3.65. The van der Waals surface area contributed by atoms with Crippen molar-refractivity contribution in [1.29, 1.82) is 0 Å². The smallest absolute Gasteiger partial charge is 0.161 e. The third-order valence-corrected chi connectivity index (χ3v) is 2.02. The molecule has 1 N–H and O–H groups in total. The van der Waals surface area contributed by atoms with Gasteiger partial charge in [0.1, 0.15) is 11.6 Å². The van der Waals surface area contributed by atoms with E-state index in [0.717, 1.165) is 17.2 Å². The number of aromatic nitrogens is 3. The summed E-state index contributed by atoms with van der Waals surface area (Å²) in [7, 11) is 1.61. The predicted molar refractivity (Wildman–Crippen MR) is 50.3 cm³/mol. The fourth-order valence-electron chi connectivity index (χ4n) is 1.31. The van der Waals surface area contributed by atoms with E-state index in [4.69, 9.17) is 9.84 Å². The van der Waals surface area contributed by atoms with E-state index in [1.807, 2.05) is 16.5 Å². The zero-order valence-corrected chi connectivity index (χ0v) is 7.84. The number of ether oxygens (including phenoxy) is 1. The molecule has 0 unspecified atom stereocenters. The van der Waals surface area contributed by atoms with Crippen LogP contribution in [-0.2, 0) is 6.42 Å². The van der Waals surface area contributed by atoms with E-state index in [2.05, 4.69) is 10.2 Å². The van der Waals surface area contributed by atoms with Gasteiger partial charge in [0.2, 0.25) is 0 Å². The topological polar surface area (TPSA) is 59.7 Å². The number of fused-ring (bicyclic) bond motifs is 1. The lowest BCUT2D eigenvalue weighted by Crippen LogP contribution is -1.98. The number of aliphatic hydroxyl groups is 1. The number of rotatable bonds is 3. The van der Waals surface area contributed by atoms with E-state index >= 15 is 0 Å². The number of hydrogen-bond donors (Lipinski definition) is 1. The van der Waals surface area contributed by atoms with Gasteiger partial charge in [-0.15, -0.1) is 10.2 Å². The Morgan fingerprint density at radius 1 is 1.43 bits per heavy atom. The molecule has 0 amide bonds. The molecule has 0 spiro atoms. The highest BCUT2D eigenvalue weighted by molar-refractivity contribution is 5.41. The summed E-state index contributed by atoms with van der Waals surface area (Å²) in [5.74, 6) is 1.48. The lowest BCUT2D eigenvalue weighted by molar-refractivity contribution is 0.296. The molecular formula is C9H11N3O2. The van der Waals surface area contributed by atoms with E-state index in [9.17, 15) is 0 Å². The van der Waals surface area contributed by atoms with Crippen molar-refractivity contribution in [2.45, 2.75) is 6.42 Å². The van der Waals surface area contributed by atoms with Crippen LogP contribution in [0.3, 0.4) is 0 Å². The fourth-order valence-corrected chi connectivity index (χ4v) is 1.31. The molecule has 2 heterocycles. The Labute approximate surface area is 81.0 Å². The Hall–Kier alpha value is -1.62. The maximum atomic E-state index is 8.81. The largest absolute Gasteiger partial charge is 0.495 e. The van der Waals surface area contributed by atoms with E-state index in [-0.39, 0.29) is 6.61 Å². The van der Waals surface area contributed by atoms with Crippen molar-refractivity contribution in [1.82, 2.24) is 14.6 Å². The van der Waals surface area contributed by atoms with Gasteiger partial charge in [0.15, 0.2) is 5.65 Å². The summed E-state index contributed by atoms with van der Waals surface area (Å²) >= 11 is 0. The molecule has 0 saturated carbocycles. The molecule has 5 heteroatoms. The van der Waals surface area contributed by atoms with Crippen LogP contribution in [-0.4, -0.2) is 33.4 Å². The summed E-state index contributed by atoms with van der Waals surface area (Å²) in [6.45, 7) is 0.0675. The van der Waals surface area contributed by atoms with Crippen LogP contribution in [0.2, 0.25) is 0 Å². The molecule has 0 bridgehead atoms. The van der Waals surface area contributed by atoms with Crippen molar-refractivity contribution >= 4 is 5.65 Å². The van der Waals surface area contributed by atoms with Crippen LogP contribution in [0, 0.1) is 0 Å². The lowest BCUT2D eigenvalue weighted by Gasteiger charge is -2.01. The molecular weight excluding hydrogens is 182 g/mol. The van der Waals surface area contributed by atoms with E-state index < -0.39 is 0 Å². The van der Waals surface area contributed by atoms with Gasteiger partial charge in [-0.2, -0.15) is 0 Å². The highest BCUT2D eigenvalue weighted by Gasteiger charge is 2.04. The van der Waals surface area contributed by atoms with Crippen LogP contribution in [0.1, 0.15) is 5.82 Å². The van der Waals surface area contributed by atoms with Crippen molar-refractivity contribution in [2.75, 3.05) is 13.7 Å². The van der Waals surface area contributed by atoms with Crippen LogP contribution in [0.25, 0.3) is 5.65 Å². The molecule has 0 aliphatic carbocycles. The third-order valence-electron chi connectivity index (χ3n) is 2.02. The Morgan fingerprint density at radius 2 is 2.29 bits per heavy atom. The first-order valence-corrected chi connectivity index (χ1v) is 4.33. The van der Waals surface area contributed by atoms with Gasteiger partial charge in [-0.1, -0.05) is 0 Å². The first-order chi connectivity index (χ1) is 6.85. The van der Waals surface area contributed by atoms with Gasteiger partial charge in [0, 0.05) is 6.42 Å². The van der Waals surface area contributed by atoms with E-state index in [1.165, 1.54) is 0 Å². The molecule has 0 radical (unpaired) electrons. The molecule has 5 nitrogen and oxygen atoms in total. The van der Waals surface area contributed by atoms with E-state index in [0.29, 0.717) is 6.42 Å². The highest BCUT2D eigenvalue weighted by Crippen LogP contribution is 2.12. The zero-order chi connectivity index (χ0) is 9.97. The predicted octanol–water partition coefficient (Wildman–Crippen LogP) is 0.273. The molecule has 0 aliphatic heterocycles. The molecule has 0 aromatic carbocycles. The van der Waals surface area contributed by atoms with Crippen LogP contribution in [0.5, 0.6) is 5.75 Å². The minimum absolute atomic E-state index is 0.0675. The van der Waals surface area contributed by atoms with Gasteiger partial charge in [0.25, 0.3) is 0 Å². The summed E-state index contributed by atoms with van der Waals surface area (Å²) in [6.07, 6.45) is 2.30. The Kier molecular flexibility index (Phi) is 2.32. The maximum absolute atomic E-state index is 8.81. The van der Waals surface area contributed by atoms with Gasteiger partial charge in [-0.3, -0.25) is 4.40 Å². The third kappa shape index (κ3) is 1.42. The van der Waals surface area contributed by atoms with Crippen molar-refractivity contribution in [2.24, 2.45) is 0 Å². The average Bonchev–Trinajstić information content (AvgIpc) is 2.61. The monoisotopic (exact) mass is 193 g/mol. The van der Waals surface area contributed by atoms with Gasteiger partial charge in [-0.25, -0.2) is 0 Å². The summed E-state index contributed by atoms with van der Waals surface area (Å²) in [5, 5.41) is 16.7. The first kappa shape index (κ1) is 8.96. The SMILES string of the molecule is COc1ccc2nnc(CCO)n2c1. The van der Waals surface area contributed by atoms with Crippen molar-refractivity contribution in [3.05, 3.63) is 24.2 Å². The second kappa shape index (κ2) is 3.63. The normalized spacial score (nSPS) is 10.7. The van der Waals surface area contributed by atoms with Gasteiger partial charge in [-0.05, 0) is 12.1 Å². The molecule has 74 valence electrons. The van der Waals surface area contributed by atoms with Gasteiger partial charge < -0.3 is 9.84 Å². The average molecular weight is 193 g/mol. The first-order valence-electron chi connectivity index (χ1n) is 4.33. The summed E-state index contributed by atoms with van der Waals surface area (Å²) in [5.41, 5.74) is 0.759. The van der Waals surface area contributed by atoms with Crippen LogP contribution < -0.4 is 4.74 Å². The second-order valence-electron chi connectivity index (χ2n) is 2.89. The Bertz CT molecular complexity index is 439. The molecule has 2 rings (SSSR count). The second-order valence-corrected chi connectivity index (χ2v) is 2.89. The van der Waals surface area contributed by atoms with Crippen molar-refractivity contribution in [3.8, 4) is 5.75 Å². The minimum Gasteiger partial charge on any atom is -0.495 e. The fraction of sp³-hybridized carbons (Fsp3) is 0.333. The molecule has 0 atom stereocenters. The molecule has 2 aromatic heterocycles. The Balaban J connectivity index is 2.52. The molecule has 0 fully saturated rings. The van der Waals surface area contributed by atoms with Gasteiger partial charge in [0.05, 0.1) is 19.9 Å². The van der Waals surface area contributed by atoms with Gasteiger partial charge >= 0.3 is 0 Å². The lowest BCUT2D eigenvalue weighted by atomic mass is 10.4. The van der Waals surface area contributed by atoms with Crippen molar-refractivity contribution < 1.29 is 9.84 Å². The minimum atomic E-state index is 0.0675. The standard InChI is InChI=1S/C9H11N3O2/c1-14-7-2-3-8-10-11-9(4-5-13)12(8)6-7/h2-3,6,13H,4-5H2,1H3. The number of pyridine rings is 1. The highest BCUT2D eigenvalue weighted by atomic mass is 16.5. The molecule has 0 saturated heterocycles. The quantitative estimate of drug-likeness (QED) is 0.760. The van der Waals surface area contributed by atoms with Crippen LogP contribution in [0.4, 0.5) is 0 Å². The van der Waals surface area contributed by atoms with Crippen LogP contribution >= 0.6 is 0 Å². The zero-order valence-electron chi connectivity index (χ0n) is 7.84. The van der Waals surface area contributed by atoms with Crippen LogP contribution in [0.15, 0.2) is 18.3 Å². The number of methoxy groups -OCH3 is 1. The molecule has 2 aromatic rings. The Morgan fingerprint density at radius 3 is 3.00 bits per heavy atom. The number of aliphatic hydroxyl groups excluding tert-OH is 1. The number of hydrogen-bond acceptors (Lipinski definition) is 4. The molecule has 14 heavy (non-hydrogen) atoms. The summed E-state index contributed by atoms with van der Waals surface area (Å²) < 4.78 is 6.90. The molecule has 0 aliphatic rings. The number of nitrogens with zero attached hydrogens (tertiary/aromatic N) is 3. The van der Waals surface area contributed by atoms with Crippen molar-refractivity contribution in [3.63, 3.8) is 0 Å². The maximum Gasteiger partial charge on any atom is 0.161 e. The summed E-state index contributed by atoms with van der Waals surface area (Å²) in [4.78, 5) is 0. The van der Waals surface area contributed by atoms with E-state index in [1.54, 1.807) is 13.3 Å².